The number of piperidine rings is 1. The molecular weight excluding hydrogens is 556 g/mol. The highest BCUT2D eigenvalue weighted by Gasteiger charge is 2.43. The maximum atomic E-state index is 13.9. The lowest BCUT2D eigenvalue weighted by Crippen LogP contribution is -2.47. The summed E-state index contributed by atoms with van der Waals surface area (Å²) in [7, 11) is 0. The third kappa shape index (κ3) is 6.74. The van der Waals surface area contributed by atoms with E-state index in [2.05, 4.69) is 50.0 Å². The number of carbonyl (C=O) groups is 2. The van der Waals surface area contributed by atoms with Gasteiger partial charge < -0.3 is 24.4 Å². The maximum absolute atomic E-state index is 13.9. The number of carbonyl (C=O) groups excluding carboxylic acids is 1. The molecule has 6 rings (SSSR count). The van der Waals surface area contributed by atoms with Gasteiger partial charge in [-0.25, -0.2) is 14.6 Å². The van der Waals surface area contributed by atoms with E-state index in [1.165, 1.54) is 11.6 Å². The minimum atomic E-state index is -0.961. The highest BCUT2D eigenvalue weighted by Crippen LogP contribution is 2.36. The van der Waals surface area contributed by atoms with E-state index in [-0.39, 0.29) is 23.7 Å². The van der Waals surface area contributed by atoms with E-state index < -0.39 is 5.97 Å². The van der Waals surface area contributed by atoms with E-state index in [0.717, 1.165) is 88.4 Å². The van der Waals surface area contributed by atoms with Crippen LogP contribution in [-0.4, -0.2) is 82.2 Å². The highest BCUT2D eigenvalue weighted by molar-refractivity contribution is 5.88. The molecule has 3 aliphatic heterocycles. The van der Waals surface area contributed by atoms with Crippen LogP contribution in [0.15, 0.2) is 60.7 Å². The van der Waals surface area contributed by atoms with Crippen molar-refractivity contribution in [3.05, 3.63) is 88.6 Å². The maximum Gasteiger partial charge on any atom is 0.335 e. The molecule has 1 N–H and O–H groups in total. The molecule has 4 heterocycles. The van der Waals surface area contributed by atoms with Crippen LogP contribution >= 0.6 is 0 Å². The number of nitrogens with zero attached hydrogens (tertiary/aromatic N) is 4. The highest BCUT2D eigenvalue weighted by atomic mass is 16.5. The van der Waals surface area contributed by atoms with Crippen molar-refractivity contribution < 1.29 is 24.2 Å². The Kier molecular flexibility index (Phi) is 9.14. The predicted octanol–water partition coefficient (Wildman–Crippen LogP) is 6.06. The fourth-order valence-electron chi connectivity index (χ4n) is 6.81. The minimum absolute atomic E-state index is 0.0862. The summed E-state index contributed by atoms with van der Waals surface area (Å²) in [5.74, 6) is 0.632. The molecule has 232 valence electrons. The van der Waals surface area contributed by atoms with Crippen molar-refractivity contribution in [2.75, 3.05) is 39.4 Å². The van der Waals surface area contributed by atoms with Gasteiger partial charge in [0.05, 0.1) is 11.6 Å². The molecule has 1 atom stereocenters. The number of rotatable bonds is 9. The van der Waals surface area contributed by atoms with Crippen LogP contribution in [0, 0.1) is 19.8 Å². The number of aromatic nitrogens is 1. The molecule has 3 saturated heterocycles. The molecular formula is C35H42N4O5. The zero-order chi connectivity index (χ0) is 30.6. The van der Waals surface area contributed by atoms with Gasteiger partial charge >= 0.3 is 12.0 Å². The van der Waals surface area contributed by atoms with Crippen molar-refractivity contribution in [3.8, 4) is 11.6 Å². The van der Waals surface area contributed by atoms with Crippen molar-refractivity contribution >= 4 is 12.0 Å². The number of ether oxygens (including phenoxy) is 2. The summed E-state index contributed by atoms with van der Waals surface area (Å²) in [4.78, 5) is 36.5. The van der Waals surface area contributed by atoms with Crippen LogP contribution in [0.1, 0.15) is 64.5 Å². The number of pyridine rings is 1. The average molecular weight is 599 g/mol. The van der Waals surface area contributed by atoms with Gasteiger partial charge in [-0.05, 0) is 80.3 Å². The van der Waals surface area contributed by atoms with E-state index in [0.29, 0.717) is 17.5 Å². The van der Waals surface area contributed by atoms with E-state index >= 15 is 0 Å². The minimum Gasteiger partial charge on any atom is -0.478 e. The summed E-state index contributed by atoms with van der Waals surface area (Å²) in [6.07, 6.45) is 3.94. The van der Waals surface area contributed by atoms with E-state index in [1.54, 1.807) is 12.1 Å². The van der Waals surface area contributed by atoms with Crippen LogP contribution < -0.4 is 4.74 Å². The Morgan fingerprint density at radius 1 is 1.00 bits per heavy atom. The Morgan fingerprint density at radius 2 is 1.75 bits per heavy atom. The molecule has 3 aliphatic rings. The Balaban J connectivity index is 1.08. The smallest absolute Gasteiger partial charge is 0.335 e. The van der Waals surface area contributed by atoms with Gasteiger partial charge in [0.15, 0.2) is 0 Å². The molecule has 44 heavy (non-hydrogen) atoms. The van der Waals surface area contributed by atoms with Gasteiger partial charge in [0, 0.05) is 63.7 Å². The van der Waals surface area contributed by atoms with E-state index in [1.807, 2.05) is 26.0 Å². The zero-order valence-electron chi connectivity index (χ0n) is 25.7. The molecule has 0 unspecified atom stereocenters. The second-order valence-electron chi connectivity index (χ2n) is 12.4. The van der Waals surface area contributed by atoms with Gasteiger partial charge in [-0.1, -0.05) is 36.4 Å². The van der Waals surface area contributed by atoms with Gasteiger partial charge in [-0.15, -0.1) is 0 Å². The SMILES string of the molecule is Cc1cc(C(=O)O)ccc1Oc1ccc(CN2CCC(N3C(=O)N(CC4CCOCC4)C[C@H]3c3ccccc3)CC2)c(C)n1. The summed E-state index contributed by atoms with van der Waals surface area (Å²) in [5.41, 5.74) is 4.25. The van der Waals surface area contributed by atoms with Crippen molar-refractivity contribution in [3.63, 3.8) is 0 Å². The zero-order valence-corrected chi connectivity index (χ0v) is 25.7. The second-order valence-corrected chi connectivity index (χ2v) is 12.4. The van der Waals surface area contributed by atoms with E-state index in [9.17, 15) is 14.7 Å². The Bertz CT molecular complexity index is 1470. The van der Waals surface area contributed by atoms with Crippen LogP contribution in [0.5, 0.6) is 11.6 Å². The first-order chi connectivity index (χ1) is 21.4. The van der Waals surface area contributed by atoms with Crippen LogP contribution in [0.3, 0.4) is 0 Å². The lowest BCUT2D eigenvalue weighted by molar-refractivity contribution is 0.0574. The number of benzene rings is 2. The van der Waals surface area contributed by atoms with Gasteiger partial charge in [0.2, 0.25) is 5.88 Å². The standard InChI is InChI=1S/C35H42N4O5/c1-24-20-28(34(40)41)8-10-32(24)44-33-11-9-29(25(2)36-33)22-37-16-12-30(13-17-37)39-31(27-6-4-3-5-7-27)23-38(35(39)42)21-26-14-18-43-19-15-26/h3-11,20,26,30-31H,12-19,21-23H2,1-2H3,(H,40,41)/t31-/m0/s1. The molecule has 9 nitrogen and oxygen atoms in total. The quantitative estimate of drug-likeness (QED) is 0.320. The Morgan fingerprint density at radius 3 is 2.43 bits per heavy atom. The molecule has 0 radical (unpaired) electrons. The lowest BCUT2D eigenvalue weighted by atomic mass is 9.98. The topological polar surface area (TPSA) is 95.4 Å². The number of likely N-dealkylation sites (tertiary alicyclic amines) is 1. The van der Waals surface area contributed by atoms with Crippen molar-refractivity contribution in [2.24, 2.45) is 5.92 Å². The molecule has 0 saturated carbocycles. The fourth-order valence-corrected chi connectivity index (χ4v) is 6.81. The molecule has 3 fully saturated rings. The number of urea groups is 1. The van der Waals surface area contributed by atoms with E-state index in [4.69, 9.17) is 9.47 Å². The summed E-state index contributed by atoms with van der Waals surface area (Å²) >= 11 is 0. The molecule has 1 aromatic heterocycles. The van der Waals surface area contributed by atoms with Crippen molar-refractivity contribution in [2.45, 2.75) is 58.2 Å². The molecule has 2 aromatic carbocycles. The largest absolute Gasteiger partial charge is 0.478 e. The first-order valence-corrected chi connectivity index (χ1v) is 15.8. The van der Waals surface area contributed by atoms with Crippen LogP contribution in [0.2, 0.25) is 0 Å². The van der Waals surface area contributed by atoms with Crippen molar-refractivity contribution in [1.82, 2.24) is 19.7 Å². The first kappa shape index (κ1) is 30.1. The molecule has 2 amide bonds. The average Bonchev–Trinajstić information content (AvgIpc) is 3.36. The number of carboxylic acid groups (broad SMARTS) is 1. The predicted molar refractivity (Wildman–Crippen MR) is 167 cm³/mol. The molecule has 9 heteroatoms. The van der Waals surface area contributed by atoms with Gasteiger partial charge in [-0.2, -0.15) is 0 Å². The summed E-state index contributed by atoms with van der Waals surface area (Å²) < 4.78 is 11.5. The third-order valence-corrected chi connectivity index (χ3v) is 9.37. The molecule has 3 aromatic rings. The van der Waals surface area contributed by atoms with Crippen LogP contribution in [0.4, 0.5) is 4.79 Å². The van der Waals surface area contributed by atoms with Crippen molar-refractivity contribution in [1.29, 1.82) is 0 Å². The van der Waals surface area contributed by atoms with Crippen LogP contribution in [0.25, 0.3) is 0 Å². The fraction of sp³-hybridized carbons (Fsp3) is 0.457. The Labute approximate surface area is 259 Å². The lowest BCUT2D eigenvalue weighted by Gasteiger charge is -2.39. The molecule has 0 spiro atoms. The Hall–Kier alpha value is -3.95. The summed E-state index contributed by atoms with van der Waals surface area (Å²) in [6.45, 7) is 9.62. The van der Waals surface area contributed by atoms with Gasteiger partial charge in [0.25, 0.3) is 0 Å². The third-order valence-electron chi connectivity index (χ3n) is 9.37. The number of hydrogen-bond donors (Lipinski definition) is 1. The molecule has 0 aliphatic carbocycles. The number of carboxylic acids is 1. The summed E-state index contributed by atoms with van der Waals surface area (Å²) in [6, 6.07) is 19.7. The first-order valence-electron chi connectivity index (χ1n) is 15.8. The summed E-state index contributed by atoms with van der Waals surface area (Å²) in [5, 5.41) is 9.22. The van der Waals surface area contributed by atoms with Gasteiger partial charge in [-0.3, -0.25) is 4.90 Å². The number of hydrogen-bond acceptors (Lipinski definition) is 6. The second kappa shape index (κ2) is 13.4. The van der Waals surface area contributed by atoms with Crippen LogP contribution in [-0.2, 0) is 11.3 Å². The normalized spacial score (nSPS) is 20.3. The number of aromatic carboxylic acids is 1. The van der Waals surface area contributed by atoms with Gasteiger partial charge in [0.1, 0.15) is 5.75 Å². The monoisotopic (exact) mass is 598 g/mol. The molecule has 0 bridgehead atoms. The number of aryl methyl sites for hydroxylation is 2. The number of amides is 2.